The monoisotopic (exact) mass is 333 g/mol. The highest BCUT2D eigenvalue weighted by Gasteiger charge is 2.37. The van der Waals surface area contributed by atoms with Gasteiger partial charge in [0.15, 0.2) is 0 Å². The fraction of sp³-hybridized carbons (Fsp3) is 0.500. The summed E-state index contributed by atoms with van der Waals surface area (Å²) in [5.41, 5.74) is 0. The number of rotatable bonds is 5. The standard InChI is InChI=1S/C12H15NO6S2/c1-19-12(16)8-4-5-13(7-8)21(17,18)11-3-2-9(20-11)6-10(14)15/h2-3,8H,4-7H2,1H3,(H,14,15). The number of carbonyl (C=O) groups excluding carboxylic acids is 1. The lowest BCUT2D eigenvalue weighted by Gasteiger charge is -2.14. The van der Waals surface area contributed by atoms with E-state index < -0.39 is 27.9 Å². The summed E-state index contributed by atoms with van der Waals surface area (Å²) in [6, 6.07) is 2.91. The molecule has 0 radical (unpaired) electrons. The first-order chi connectivity index (χ1) is 9.84. The van der Waals surface area contributed by atoms with Crippen molar-refractivity contribution >= 4 is 33.3 Å². The molecule has 0 aliphatic carbocycles. The predicted molar refractivity (Wildman–Crippen MR) is 74.5 cm³/mol. The fourth-order valence-electron chi connectivity index (χ4n) is 2.17. The zero-order valence-corrected chi connectivity index (χ0v) is 12.9. The Morgan fingerprint density at radius 1 is 1.48 bits per heavy atom. The number of hydrogen-bond acceptors (Lipinski definition) is 6. The molecule has 1 aliphatic heterocycles. The van der Waals surface area contributed by atoms with Gasteiger partial charge in [0.05, 0.1) is 19.4 Å². The largest absolute Gasteiger partial charge is 0.481 e. The van der Waals surface area contributed by atoms with Gasteiger partial charge < -0.3 is 9.84 Å². The van der Waals surface area contributed by atoms with Gasteiger partial charge in [-0.3, -0.25) is 9.59 Å². The van der Waals surface area contributed by atoms with E-state index in [0.29, 0.717) is 11.3 Å². The maximum atomic E-state index is 12.4. The quantitative estimate of drug-likeness (QED) is 0.790. The molecule has 2 heterocycles. The third kappa shape index (κ3) is 3.42. The van der Waals surface area contributed by atoms with Crippen LogP contribution in [0.15, 0.2) is 16.3 Å². The zero-order valence-electron chi connectivity index (χ0n) is 11.3. The lowest BCUT2D eigenvalue weighted by Crippen LogP contribution is -2.29. The molecule has 116 valence electrons. The van der Waals surface area contributed by atoms with Gasteiger partial charge in [0.25, 0.3) is 10.0 Å². The molecule has 2 rings (SSSR count). The third-order valence-electron chi connectivity index (χ3n) is 3.24. The highest BCUT2D eigenvalue weighted by atomic mass is 32.2. The number of aliphatic carboxylic acids is 1. The lowest BCUT2D eigenvalue weighted by molar-refractivity contribution is -0.144. The van der Waals surface area contributed by atoms with Crippen LogP contribution in [0, 0.1) is 5.92 Å². The van der Waals surface area contributed by atoms with Gasteiger partial charge in [-0.1, -0.05) is 0 Å². The normalized spacial score (nSPS) is 19.6. The van der Waals surface area contributed by atoms with Crippen molar-refractivity contribution in [2.24, 2.45) is 5.92 Å². The van der Waals surface area contributed by atoms with Gasteiger partial charge in [0.1, 0.15) is 4.21 Å². The van der Waals surface area contributed by atoms with Crippen LogP contribution in [0.2, 0.25) is 0 Å². The van der Waals surface area contributed by atoms with Crippen molar-refractivity contribution in [1.29, 1.82) is 0 Å². The molecule has 7 nitrogen and oxygen atoms in total. The van der Waals surface area contributed by atoms with Gasteiger partial charge in [0.2, 0.25) is 0 Å². The second-order valence-electron chi connectivity index (χ2n) is 4.66. The first-order valence-corrected chi connectivity index (χ1v) is 8.48. The van der Waals surface area contributed by atoms with E-state index in [4.69, 9.17) is 5.11 Å². The summed E-state index contributed by atoms with van der Waals surface area (Å²) in [7, 11) is -2.40. The molecule has 1 unspecified atom stereocenters. The van der Waals surface area contributed by atoms with Crippen LogP contribution < -0.4 is 0 Å². The number of ether oxygens (including phenoxy) is 1. The smallest absolute Gasteiger partial charge is 0.310 e. The van der Waals surface area contributed by atoms with Crippen LogP contribution in [-0.4, -0.2) is 50.0 Å². The average molecular weight is 333 g/mol. The van der Waals surface area contributed by atoms with Crippen molar-refractivity contribution < 1.29 is 27.9 Å². The van der Waals surface area contributed by atoms with Crippen molar-refractivity contribution in [1.82, 2.24) is 4.31 Å². The molecule has 0 spiro atoms. The zero-order chi connectivity index (χ0) is 15.6. The minimum atomic E-state index is -3.68. The average Bonchev–Trinajstić information content (AvgIpc) is 3.06. The molecular weight excluding hydrogens is 318 g/mol. The second kappa shape index (κ2) is 6.12. The van der Waals surface area contributed by atoms with Crippen molar-refractivity contribution in [3.8, 4) is 0 Å². The van der Waals surface area contributed by atoms with Gasteiger partial charge >= 0.3 is 11.9 Å². The van der Waals surface area contributed by atoms with E-state index in [1.54, 1.807) is 0 Å². The van der Waals surface area contributed by atoms with Crippen LogP contribution in [0.4, 0.5) is 0 Å². The van der Waals surface area contributed by atoms with Gasteiger partial charge in [-0.15, -0.1) is 11.3 Å². The Morgan fingerprint density at radius 2 is 2.19 bits per heavy atom. The predicted octanol–water partition coefficient (Wildman–Crippen LogP) is 0.559. The van der Waals surface area contributed by atoms with Crippen LogP contribution in [-0.2, 0) is 30.8 Å². The minimum Gasteiger partial charge on any atom is -0.481 e. The van der Waals surface area contributed by atoms with Crippen LogP contribution >= 0.6 is 11.3 Å². The maximum absolute atomic E-state index is 12.4. The SMILES string of the molecule is COC(=O)C1CCN(S(=O)(=O)c2ccc(CC(=O)O)s2)C1. The second-order valence-corrected chi connectivity index (χ2v) is 8.00. The molecule has 9 heteroatoms. The van der Waals surface area contributed by atoms with Crippen LogP contribution in [0.5, 0.6) is 0 Å². The number of carboxylic acids is 1. The maximum Gasteiger partial charge on any atom is 0.310 e. The molecule has 1 aromatic heterocycles. The number of nitrogens with zero attached hydrogens (tertiary/aromatic N) is 1. The summed E-state index contributed by atoms with van der Waals surface area (Å²) in [6.07, 6.45) is 0.226. The molecule has 0 aromatic carbocycles. The summed E-state index contributed by atoms with van der Waals surface area (Å²) >= 11 is 0.944. The van der Waals surface area contributed by atoms with Crippen molar-refractivity contribution in [3.05, 3.63) is 17.0 Å². The Labute approximate surface area is 126 Å². The molecule has 1 atom stereocenters. The van der Waals surface area contributed by atoms with Crippen molar-refractivity contribution in [2.75, 3.05) is 20.2 Å². The number of carbonyl (C=O) groups is 2. The van der Waals surface area contributed by atoms with Gasteiger partial charge in [-0.05, 0) is 18.6 Å². The van der Waals surface area contributed by atoms with Crippen LogP contribution in [0.1, 0.15) is 11.3 Å². The lowest BCUT2D eigenvalue weighted by atomic mass is 10.1. The minimum absolute atomic E-state index is 0.0984. The number of hydrogen-bond donors (Lipinski definition) is 1. The molecule has 1 fully saturated rings. The molecule has 1 N–H and O–H groups in total. The van der Waals surface area contributed by atoms with Gasteiger partial charge in [0, 0.05) is 18.0 Å². The molecule has 0 bridgehead atoms. The van der Waals surface area contributed by atoms with E-state index >= 15 is 0 Å². The van der Waals surface area contributed by atoms with E-state index in [0.717, 1.165) is 11.3 Å². The van der Waals surface area contributed by atoms with E-state index in [9.17, 15) is 18.0 Å². The van der Waals surface area contributed by atoms with Gasteiger partial charge in [-0.2, -0.15) is 4.31 Å². The highest BCUT2D eigenvalue weighted by molar-refractivity contribution is 7.91. The van der Waals surface area contributed by atoms with Crippen LogP contribution in [0.25, 0.3) is 0 Å². The Hall–Kier alpha value is -1.45. The molecular formula is C12H15NO6S2. The number of methoxy groups -OCH3 is 1. The summed E-state index contributed by atoms with van der Waals surface area (Å²) in [6.45, 7) is 0.357. The van der Waals surface area contributed by atoms with E-state index in [1.807, 2.05) is 0 Å². The fourth-order valence-corrected chi connectivity index (χ4v) is 5.17. The summed E-state index contributed by atoms with van der Waals surface area (Å²) in [4.78, 5) is 22.5. The highest BCUT2D eigenvalue weighted by Crippen LogP contribution is 2.29. The van der Waals surface area contributed by atoms with Gasteiger partial charge in [-0.25, -0.2) is 8.42 Å². The van der Waals surface area contributed by atoms with E-state index in [-0.39, 0.29) is 23.7 Å². The van der Waals surface area contributed by atoms with E-state index in [1.165, 1.54) is 23.5 Å². The molecule has 0 amide bonds. The molecule has 0 saturated carbocycles. The molecule has 1 aromatic rings. The topological polar surface area (TPSA) is 101 Å². The number of sulfonamides is 1. The summed E-state index contributed by atoms with van der Waals surface area (Å²) in [5.74, 6) is -1.86. The first-order valence-electron chi connectivity index (χ1n) is 6.23. The number of esters is 1. The van der Waals surface area contributed by atoms with Crippen LogP contribution in [0.3, 0.4) is 0 Å². The first kappa shape index (κ1) is 15.9. The van der Waals surface area contributed by atoms with Crippen molar-refractivity contribution in [3.63, 3.8) is 0 Å². The third-order valence-corrected chi connectivity index (χ3v) is 6.66. The Balaban J connectivity index is 2.14. The van der Waals surface area contributed by atoms with E-state index in [2.05, 4.69) is 4.74 Å². The Bertz CT molecular complexity index is 650. The Morgan fingerprint density at radius 3 is 2.81 bits per heavy atom. The molecule has 21 heavy (non-hydrogen) atoms. The van der Waals surface area contributed by atoms with Crippen molar-refractivity contribution in [2.45, 2.75) is 17.1 Å². The Kier molecular flexibility index (Phi) is 4.64. The molecule has 1 saturated heterocycles. The summed E-state index contributed by atoms with van der Waals surface area (Å²) < 4.78 is 30.8. The number of thiophene rings is 1. The number of carboxylic acid groups (broad SMARTS) is 1. The molecule has 1 aliphatic rings. The summed E-state index contributed by atoms with van der Waals surface area (Å²) in [5, 5.41) is 8.71.